The van der Waals surface area contributed by atoms with Crippen molar-refractivity contribution in [3.8, 4) is 0 Å². The standard InChI is InChI=1S/C14H15N3O3S/c1-9-8-12(17-16-11-6-4-3-5-7-11)14(21(18,19)20)13(15)10(9)2/h3-8H,15H2,1-2H3,(H,18,19,20). The number of aryl methyl sites for hydroxylation is 1. The van der Waals surface area contributed by atoms with Gasteiger partial charge in [0.15, 0.2) is 0 Å². The Morgan fingerprint density at radius 1 is 1.10 bits per heavy atom. The van der Waals surface area contributed by atoms with Crippen molar-refractivity contribution in [3.63, 3.8) is 0 Å². The fourth-order valence-corrected chi connectivity index (χ4v) is 2.65. The van der Waals surface area contributed by atoms with Crippen molar-refractivity contribution >= 4 is 27.2 Å². The molecule has 0 heterocycles. The van der Waals surface area contributed by atoms with Crippen LogP contribution in [0.2, 0.25) is 0 Å². The molecule has 2 aromatic rings. The zero-order valence-corrected chi connectivity index (χ0v) is 12.4. The van der Waals surface area contributed by atoms with Crippen molar-refractivity contribution in [2.24, 2.45) is 10.2 Å². The average molecular weight is 305 g/mol. The molecule has 0 aliphatic heterocycles. The number of azo groups is 1. The largest absolute Gasteiger partial charge is 0.397 e. The van der Waals surface area contributed by atoms with Gasteiger partial charge in [0.2, 0.25) is 0 Å². The van der Waals surface area contributed by atoms with Crippen molar-refractivity contribution in [1.29, 1.82) is 0 Å². The molecule has 3 N–H and O–H groups in total. The van der Waals surface area contributed by atoms with Crippen molar-refractivity contribution in [2.45, 2.75) is 18.7 Å². The van der Waals surface area contributed by atoms with Gasteiger partial charge in [0.05, 0.1) is 11.4 Å². The third-order valence-corrected chi connectivity index (χ3v) is 4.06. The van der Waals surface area contributed by atoms with Crippen LogP contribution in [0, 0.1) is 13.8 Å². The van der Waals surface area contributed by atoms with Gasteiger partial charge in [0.1, 0.15) is 10.6 Å². The number of nitrogens with two attached hydrogens (primary N) is 1. The minimum atomic E-state index is -4.49. The predicted octanol–water partition coefficient (Wildman–Crippen LogP) is 3.55. The van der Waals surface area contributed by atoms with Crippen molar-refractivity contribution < 1.29 is 13.0 Å². The van der Waals surface area contributed by atoms with Gasteiger partial charge in [0, 0.05) is 0 Å². The fourth-order valence-electron chi connectivity index (χ4n) is 1.85. The third kappa shape index (κ3) is 3.26. The molecule has 0 spiro atoms. The second-order valence-corrected chi connectivity index (χ2v) is 5.95. The van der Waals surface area contributed by atoms with Gasteiger partial charge in [0.25, 0.3) is 10.1 Å². The van der Waals surface area contributed by atoms with Crippen molar-refractivity contribution in [1.82, 2.24) is 0 Å². The summed E-state index contributed by atoms with van der Waals surface area (Å²) in [6, 6.07) is 10.4. The monoisotopic (exact) mass is 305 g/mol. The minimum Gasteiger partial charge on any atom is -0.397 e. The molecule has 0 fully saturated rings. The molecule has 7 heteroatoms. The van der Waals surface area contributed by atoms with E-state index in [1.54, 1.807) is 38.1 Å². The summed E-state index contributed by atoms with van der Waals surface area (Å²) in [5.74, 6) is 0. The number of benzene rings is 2. The summed E-state index contributed by atoms with van der Waals surface area (Å²) in [6.45, 7) is 3.46. The van der Waals surface area contributed by atoms with E-state index in [9.17, 15) is 13.0 Å². The minimum absolute atomic E-state index is 0.0143. The predicted molar refractivity (Wildman–Crippen MR) is 80.8 cm³/mol. The molecular formula is C14H15N3O3S. The quantitative estimate of drug-likeness (QED) is 0.514. The number of anilines is 1. The Kier molecular flexibility index (Phi) is 4.06. The highest BCUT2D eigenvalue weighted by molar-refractivity contribution is 7.86. The van der Waals surface area contributed by atoms with Crippen LogP contribution in [-0.4, -0.2) is 13.0 Å². The van der Waals surface area contributed by atoms with E-state index in [0.717, 1.165) is 5.56 Å². The van der Waals surface area contributed by atoms with Crippen LogP contribution < -0.4 is 5.73 Å². The molecule has 0 saturated carbocycles. The average Bonchev–Trinajstić information content (AvgIpc) is 2.42. The maximum Gasteiger partial charge on any atom is 0.298 e. The van der Waals surface area contributed by atoms with Crippen LogP contribution >= 0.6 is 0 Å². The maximum atomic E-state index is 11.5. The highest BCUT2D eigenvalue weighted by Gasteiger charge is 2.22. The van der Waals surface area contributed by atoms with Gasteiger partial charge >= 0.3 is 0 Å². The lowest BCUT2D eigenvalue weighted by Gasteiger charge is -2.11. The first-order valence-electron chi connectivity index (χ1n) is 6.14. The second-order valence-electron chi connectivity index (χ2n) is 4.59. The molecule has 2 aromatic carbocycles. The molecule has 0 atom stereocenters. The molecule has 0 unspecified atom stereocenters. The number of hydrogen-bond donors (Lipinski definition) is 2. The Labute approximate surface area is 123 Å². The first-order valence-corrected chi connectivity index (χ1v) is 7.58. The smallest absolute Gasteiger partial charge is 0.298 e. The second kappa shape index (κ2) is 5.63. The van der Waals surface area contributed by atoms with Gasteiger partial charge < -0.3 is 5.73 Å². The van der Waals surface area contributed by atoms with Gasteiger partial charge in [-0.05, 0) is 43.2 Å². The van der Waals surface area contributed by atoms with E-state index >= 15 is 0 Å². The lowest BCUT2D eigenvalue weighted by Crippen LogP contribution is -2.06. The van der Waals surface area contributed by atoms with E-state index < -0.39 is 15.0 Å². The lowest BCUT2D eigenvalue weighted by atomic mass is 10.1. The highest BCUT2D eigenvalue weighted by atomic mass is 32.2. The van der Waals surface area contributed by atoms with Crippen LogP contribution in [-0.2, 0) is 10.1 Å². The summed E-state index contributed by atoms with van der Waals surface area (Å²) in [4.78, 5) is -0.412. The van der Waals surface area contributed by atoms with Crippen molar-refractivity contribution in [3.05, 3.63) is 47.5 Å². The Morgan fingerprint density at radius 2 is 1.71 bits per heavy atom. The Hall–Kier alpha value is -2.25. The molecule has 0 bridgehead atoms. The molecule has 6 nitrogen and oxygen atoms in total. The van der Waals surface area contributed by atoms with Crippen LogP contribution in [0.1, 0.15) is 11.1 Å². The van der Waals surface area contributed by atoms with Crippen LogP contribution in [0.15, 0.2) is 51.5 Å². The number of hydrogen-bond acceptors (Lipinski definition) is 5. The van der Waals surface area contributed by atoms with E-state index in [1.165, 1.54) is 6.07 Å². The first kappa shape index (κ1) is 15.1. The molecule has 2 rings (SSSR count). The summed E-state index contributed by atoms with van der Waals surface area (Å²) in [5.41, 5.74) is 7.72. The molecule has 21 heavy (non-hydrogen) atoms. The molecule has 0 aliphatic carbocycles. The summed E-state index contributed by atoms with van der Waals surface area (Å²) < 4.78 is 32.4. The molecular weight excluding hydrogens is 290 g/mol. The van der Waals surface area contributed by atoms with Crippen LogP contribution in [0.25, 0.3) is 0 Å². The fraction of sp³-hybridized carbons (Fsp3) is 0.143. The Balaban J connectivity index is 2.61. The van der Waals surface area contributed by atoms with Crippen LogP contribution in [0.4, 0.5) is 17.1 Å². The van der Waals surface area contributed by atoms with Gasteiger partial charge in [-0.2, -0.15) is 13.5 Å². The summed E-state index contributed by atoms with van der Waals surface area (Å²) in [5, 5.41) is 7.87. The zero-order chi connectivity index (χ0) is 15.6. The molecule has 0 aliphatic rings. The van der Waals surface area contributed by atoms with E-state index in [1.807, 2.05) is 6.07 Å². The highest BCUT2D eigenvalue weighted by Crippen LogP contribution is 2.35. The van der Waals surface area contributed by atoms with Gasteiger partial charge in [-0.1, -0.05) is 18.2 Å². The van der Waals surface area contributed by atoms with Gasteiger partial charge in [-0.3, -0.25) is 4.55 Å². The van der Waals surface area contributed by atoms with Gasteiger partial charge in [-0.25, -0.2) is 0 Å². The molecule has 0 amide bonds. The van der Waals surface area contributed by atoms with Crippen molar-refractivity contribution in [2.75, 3.05) is 5.73 Å². The van der Waals surface area contributed by atoms with Crippen LogP contribution in [0.5, 0.6) is 0 Å². The summed E-state index contributed by atoms with van der Waals surface area (Å²) in [7, 11) is -4.49. The summed E-state index contributed by atoms with van der Waals surface area (Å²) in [6.07, 6.45) is 0. The van der Waals surface area contributed by atoms with E-state index in [0.29, 0.717) is 11.3 Å². The SMILES string of the molecule is Cc1cc(N=Nc2ccccc2)c(S(=O)(=O)O)c(N)c1C. The van der Waals surface area contributed by atoms with Gasteiger partial charge in [-0.15, -0.1) is 5.11 Å². The zero-order valence-electron chi connectivity index (χ0n) is 11.6. The van der Waals surface area contributed by atoms with E-state index in [-0.39, 0.29) is 11.4 Å². The lowest BCUT2D eigenvalue weighted by molar-refractivity contribution is 0.484. The molecule has 0 saturated heterocycles. The molecule has 0 radical (unpaired) electrons. The molecule has 110 valence electrons. The number of nitrogens with zero attached hydrogens (tertiary/aromatic N) is 2. The normalized spacial score (nSPS) is 12.0. The van der Waals surface area contributed by atoms with E-state index in [2.05, 4.69) is 10.2 Å². The molecule has 0 aromatic heterocycles. The third-order valence-electron chi connectivity index (χ3n) is 3.11. The Bertz CT molecular complexity index is 800. The van der Waals surface area contributed by atoms with E-state index in [4.69, 9.17) is 5.73 Å². The summed E-state index contributed by atoms with van der Waals surface area (Å²) >= 11 is 0. The first-order chi connectivity index (χ1) is 9.80. The number of nitrogen functional groups attached to an aromatic ring is 1. The number of rotatable bonds is 3. The van der Waals surface area contributed by atoms with Crippen LogP contribution in [0.3, 0.4) is 0 Å². The topological polar surface area (TPSA) is 105 Å². The Morgan fingerprint density at radius 3 is 2.29 bits per heavy atom. The maximum absolute atomic E-state index is 11.5.